The number of unbranched alkanes of at least 4 members (excludes halogenated alkanes) is 11. The number of phenolic OH excluding ortho intramolecular Hbond substituents is 2. The third-order valence-corrected chi connectivity index (χ3v) is 7.39. The van der Waals surface area contributed by atoms with Crippen molar-refractivity contribution in [3.63, 3.8) is 0 Å². The Kier molecular flexibility index (Phi) is 14.4. The van der Waals surface area contributed by atoms with Crippen LogP contribution in [0.2, 0.25) is 0 Å². The van der Waals surface area contributed by atoms with Gasteiger partial charge in [-0.05, 0) is 73.5 Å². The molecule has 0 unspecified atom stereocenters. The second kappa shape index (κ2) is 18.5. The van der Waals surface area contributed by atoms with Crippen molar-refractivity contribution in [3.05, 3.63) is 89.5 Å². The van der Waals surface area contributed by atoms with Crippen molar-refractivity contribution >= 4 is 23.3 Å². The molecule has 5 nitrogen and oxygen atoms in total. The minimum Gasteiger partial charge on any atom is -0.508 e. The van der Waals surface area contributed by atoms with E-state index in [1.54, 1.807) is 49.4 Å². The van der Waals surface area contributed by atoms with E-state index >= 15 is 0 Å². The molecule has 3 rings (SSSR count). The van der Waals surface area contributed by atoms with Crippen LogP contribution in [0.25, 0.3) is 6.08 Å². The van der Waals surface area contributed by atoms with Crippen molar-refractivity contribution in [2.75, 3.05) is 6.61 Å². The van der Waals surface area contributed by atoms with E-state index in [4.69, 9.17) is 4.74 Å². The van der Waals surface area contributed by atoms with E-state index in [1.807, 2.05) is 24.3 Å². The zero-order valence-electron chi connectivity index (χ0n) is 25.4. The fourth-order valence-corrected chi connectivity index (χ4v) is 4.86. The summed E-state index contributed by atoms with van der Waals surface area (Å²) in [5.41, 5.74) is 3.31. The normalized spacial score (nSPS) is 11.7. The first-order valence-electron chi connectivity index (χ1n) is 15.6. The van der Waals surface area contributed by atoms with Crippen molar-refractivity contribution in [2.45, 2.75) is 90.9 Å². The van der Waals surface area contributed by atoms with Crippen molar-refractivity contribution in [1.82, 2.24) is 0 Å². The molecule has 0 aliphatic heterocycles. The molecule has 0 saturated heterocycles. The van der Waals surface area contributed by atoms with Gasteiger partial charge < -0.3 is 14.9 Å². The average Bonchev–Trinajstić information content (AvgIpc) is 2.99. The third kappa shape index (κ3) is 11.9. The summed E-state index contributed by atoms with van der Waals surface area (Å²) in [6.07, 6.45) is 19.4. The summed E-state index contributed by atoms with van der Waals surface area (Å²) in [4.78, 5) is 17.2. The molecule has 2 N–H and O–H groups in total. The summed E-state index contributed by atoms with van der Waals surface area (Å²) >= 11 is 0. The van der Waals surface area contributed by atoms with Gasteiger partial charge in [-0.2, -0.15) is 0 Å². The summed E-state index contributed by atoms with van der Waals surface area (Å²) < 4.78 is 5.90. The molecule has 0 atom stereocenters. The summed E-state index contributed by atoms with van der Waals surface area (Å²) in [7, 11) is 0. The monoisotopic (exact) mass is 569 g/mol. The van der Waals surface area contributed by atoms with E-state index in [9.17, 15) is 15.0 Å². The Balaban J connectivity index is 1.34. The lowest BCUT2D eigenvalue weighted by Gasteiger charge is -2.07. The first-order chi connectivity index (χ1) is 20.5. The first-order valence-corrected chi connectivity index (χ1v) is 15.6. The molecule has 5 heteroatoms. The number of nitrogens with zero attached hydrogens (tertiary/aromatic N) is 1. The van der Waals surface area contributed by atoms with E-state index in [1.165, 1.54) is 82.8 Å². The van der Waals surface area contributed by atoms with Crippen LogP contribution in [0.3, 0.4) is 0 Å². The van der Waals surface area contributed by atoms with Crippen LogP contribution in [0.1, 0.15) is 112 Å². The van der Waals surface area contributed by atoms with E-state index in [2.05, 4.69) is 11.9 Å². The molecule has 0 aliphatic rings. The van der Waals surface area contributed by atoms with Crippen LogP contribution in [0.4, 0.5) is 5.69 Å². The number of rotatable bonds is 19. The molecule has 42 heavy (non-hydrogen) atoms. The number of carbonyl (C=O) groups excluding carboxylic acids is 1. The number of hydrogen-bond acceptors (Lipinski definition) is 5. The van der Waals surface area contributed by atoms with E-state index < -0.39 is 0 Å². The first kappa shape index (κ1) is 32.7. The highest BCUT2D eigenvalue weighted by Crippen LogP contribution is 2.25. The molecule has 0 saturated carbocycles. The second-order valence-corrected chi connectivity index (χ2v) is 10.9. The molecular weight excluding hydrogens is 522 g/mol. The van der Waals surface area contributed by atoms with Crippen LogP contribution >= 0.6 is 0 Å². The molecule has 3 aromatic rings. The van der Waals surface area contributed by atoms with E-state index in [-0.39, 0.29) is 17.3 Å². The number of carbonyl (C=O) groups is 1. The number of hydrogen-bond donors (Lipinski definition) is 2. The van der Waals surface area contributed by atoms with Crippen molar-refractivity contribution < 1.29 is 19.7 Å². The molecule has 0 bridgehead atoms. The molecule has 0 fully saturated rings. The van der Waals surface area contributed by atoms with Gasteiger partial charge in [0.2, 0.25) is 0 Å². The van der Waals surface area contributed by atoms with E-state index in [0.29, 0.717) is 22.5 Å². The number of benzene rings is 3. The van der Waals surface area contributed by atoms with Gasteiger partial charge in [0, 0.05) is 22.9 Å². The van der Waals surface area contributed by atoms with Crippen LogP contribution in [0, 0.1) is 0 Å². The van der Waals surface area contributed by atoms with Gasteiger partial charge in [-0.1, -0.05) is 95.8 Å². The Hall–Kier alpha value is -3.86. The van der Waals surface area contributed by atoms with Crippen LogP contribution in [0.5, 0.6) is 17.2 Å². The van der Waals surface area contributed by atoms with Crippen LogP contribution in [-0.2, 0) is 0 Å². The maximum absolute atomic E-state index is 12.7. The Morgan fingerprint density at radius 2 is 1.36 bits per heavy atom. The van der Waals surface area contributed by atoms with Crippen LogP contribution in [-0.4, -0.2) is 28.3 Å². The highest BCUT2D eigenvalue weighted by atomic mass is 16.5. The highest BCUT2D eigenvalue weighted by Gasteiger charge is 2.07. The molecule has 0 spiro atoms. The maximum Gasteiger partial charge on any atom is 0.185 e. The lowest BCUT2D eigenvalue weighted by Crippen LogP contribution is -1.97. The number of aromatic hydroxyl groups is 2. The number of ketones is 1. The molecule has 0 aromatic heterocycles. The largest absolute Gasteiger partial charge is 0.508 e. The Labute approximate surface area is 252 Å². The molecule has 0 aliphatic carbocycles. The minimum absolute atomic E-state index is 0.00531. The molecule has 0 radical (unpaired) electrons. The fraction of sp³-hybridized carbons (Fsp3) is 0.405. The lowest BCUT2D eigenvalue weighted by molar-refractivity contribution is 0.104. The highest BCUT2D eigenvalue weighted by molar-refractivity contribution is 6.07. The van der Waals surface area contributed by atoms with E-state index in [0.717, 1.165) is 24.3 Å². The van der Waals surface area contributed by atoms with Crippen LogP contribution in [0.15, 0.2) is 77.8 Å². The fourth-order valence-electron chi connectivity index (χ4n) is 4.86. The minimum atomic E-state index is -0.0919. The smallest absolute Gasteiger partial charge is 0.185 e. The number of ether oxygens (including phenoxy) is 1. The maximum atomic E-state index is 12.7. The summed E-state index contributed by atoms with van der Waals surface area (Å²) in [6, 6.07) is 19.2. The lowest BCUT2D eigenvalue weighted by atomic mass is 10.1. The summed E-state index contributed by atoms with van der Waals surface area (Å²) in [6.45, 7) is 4.79. The zero-order chi connectivity index (χ0) is 30.0. The number of allylic oxidation sites excluding steroid dienone is 1. The Bertz CT molecular complexity index is 1280. The van der Waals surface area contributed by atoms with Gasteiger partial charge in [0.1, 0.15) is 17.2 Å². The molecule has 224 valence electrons. The summed E-state index contributed by atoms with van der Waals surface area (Å²) in [5, 5.41) is 19.5. The average molecular weight is 570 g/mol. The number of aliphatic imine (C=N–C) groups is 1. The topological polar surface area (TPSA) is 79.1 Å². The second-order valence-electron chi connectivity index (χ2n) is 10.9. The third-order valence-electron chi connectivity index (χ3n) is 7.39. The Morgan fingerprint density at radius 1 is 0.762 bits per heavy atom. The Morgan fingerprint density at radius 3 is 1.95 bits per heavy atom. The predicted molar refractivity (Wildman–Crippen MR) is 174 cm³/mol. The number of phenols is 2. The van der Waals surface area contributed by atoms with Gasteiger partial charge in [0.15, 0.2) is 5.78 Å². The van der Waals surface area contributed by atoms with Gasteiger partial charge in [-0.15, -0.1) is 0 Å². The zero-order valence-corrected chi connectivity index (χ0v) is 25.4. The van der Waals surface area contributed by atoms with Gasteiger partial charge >= 0.3 is 0 Å². The van der Waals surface area contributed by atoms with Gasteiger partial charge in [0.05, 0.1) is 12.3 Å². The quantitative estimate of drug-likeness (QED) is 0.0651. The standard InChI is InChI=1S/C37H47NO4/c1-3-4-5-6-7-8-9-10-11-12-13-14-27-42-34-23-15-30(16-24-34)17-26-36(40)31-18-20-32(21-19-31)38-29(2)35-25-22-33(39)28-37(35)41/h15-26,28,39,41H,3-14,27H2,1-2H3. The van der Waals surface area contributed by atoms with Crippen molar-refractivity contribution in [2.24, 2.45) is 4.99 Å². The van der Waals surface area contributed by atoms with Gasteiger partial charge in [-0.3, -0.25) is 9.79 Å². The summed E-state index contributed by atoms with van der Waals surface area (Å²) in [5.74, 6) is 0.723. The molecule has 0 heterocycles. The predicted octanol–water partition coefficient (Wildman–Crippen LogP) is 10.2. The van der Waals surface area contributed by atoms with Gasteiger partial charge in [0.25, 0.3) is 0 Å². The SMILES string of the molecule is CCCCCCCCCCCCCCOc1ccc(C=CC(=O)c2ccc(N=C(C)c3ccc(O)cc3O)cc2)cc1. The van der Waals surface area contributed by atoms with Crippen molar-refractivity contribution in [3.8, 4) is 17.2 Å². The molecular formula is C37H47NO4. The van der Waals surface area contributed by atoms with Crippen LogP contribution < -0.4 is 4.74 Å². The molecule has 3 aromatic carbocycles. The van der Waals surface area contributed by atoms with Gasteiger partial charge in [-0.25, -0.2) is 0 Å². The van der Waals surface area contributed by atoms with Crippen molar-refractivity contribution in [1.29, 1.82) is 0 Å². The molecule has 0 amide bonds.